The molecule has 0 aliphatic carbocycles. The highest BCUT2D eigenvalue weighted by atomic mass is 28.4. The molecule has 0 aliphatic rings. The Hall–Kier alpha value is 0.0238. The summed E-state index contributed by atoms with van der Waals surface area (Å²) in [6.07, 6.45) is 1.63. The maximum atomic E-state index is 11.1. The molecule has 0 bridgehead atoms. The summed E-state index contributed by atoms with van der Waals surface area (Å²) >= 11 is 0. The quantitative estimate of drug-likeness (QED) is 0.345. The van der Waals surface area contributed by atoms with E-state index in [2.05, 4.69) is 81.6 Å². The molecule has 0 aliphatic heterocycles. The first-order chi connectivity index (χ1) is 11.0. The van der Waals surface area contributed by atoms with Crippen LogP contribution in [0.15, 0.2) is 0 Å². The van der Waals surface area contributed by atoms with Crippen LogP contribution in [-0.4, -0.2) is 35.6 Å². The van der Waals surface area contributed by atoms with E-state index in [1.165, 1.54) is 0 Å². The fourth-order valence-corrected chi connectivity index (χ4v) is 4.86. The Balaban J connectivity index is 5.26. The fourth-order valence-electron chi connectivity index (χ4n) is 2.25. The Morgan fingerprint density at radius 1 is 0.840 bits per heavy atom. The van der Waals surface area contributed by atoms with Crippen molar-refractivity contribution >= 4 is 22.9 Å². The van der Waals surface area contributed by atoms with Crippen LogP contribution in [-0.2, 0) is 13.6 Å². The van der Waals surface area contributed by atoms with Crippen molar-refractivity contribution in [2.45, 2.75) is 104 Å². The zero-order chi connectivity index (χ0) is 20.3. The Morgan fingerprint density at radius 2 is 1.28 bits per heavy atom. The van der Waals surface area contributed by atoms with E-state index in [9.17, 15) is 4.79 Å². The minimum atomic E-state index is -1.89. The molecule has 0 saturated heterocycles. The summed E-state index contributed by atoms with van der Waals surface area (Å²) in [6, 6.07) is 0. The first kappa shape index (κ1) is 25.0. The molecule has 0 amide bonds. The van der Waals surface area contributed by atoms with Crippen LogP contribution in [0.4, 0.5) is 0 Å². The third-order valence-corrected chi connectivity index (χ3v) is 15.3. The van der Waals surface area contributed by atoms with Crippen molar-refractivity contribution in [2.24, 2.45) is 11.8 Å². The summed E-state index contributed by atoms with van der Waals surface area (Å²) in [7, 11) is -3.67. The molecule has 0 unspecified atom stereocenters. The fraction of sp³-hybridized carbons (Fsp3) is 0.950. The molecule has 0 aromatic rings. The van der Waals surface area contributed by atoms with E-state index in [1.807, 2.05) is 0 Å². The van der Waals surface area contributed by atoms with Gasteiger partial charge in [-0.1, -0.05) is 55.4 Å². The van der Waals surface area contributed by atoms with Crippen LogP contribution in [0.3, 0.4) is 0 Å². The molecule has 0 spiro atoms. The number of carbonyl (C=O) groups is 1. The molecule has 0 fully saturated rings. The summed E-state index contributed by atoms with van der Waals surface area (Å²) in [4.78, 5) is 11.1. The van der Waals surface area contributed by atoms with Gasteiger partial charge >= 0.3 is 0 Å². The molecule has 150 valence electrons. The third kappa shape index (κ3) is 7.27. The Bertz CT molecular complexity index is 420. The first-order valence-corrected chi connectivity index (χ1v) is 15.5. The number of hydrogen-bond acceptors (Lipinski definition) is 3. The van der Waals surface area contributed by atoms with Gasteiger partial charge in [-0.05, 0) is 42.2 Å². The molecule has 0 aromatic heterocycles. The van der Waals surface area contributed by atoms with E-state index in [0.717, 1.165) is 6.29 Å². The van der Waals surface area contributed by atoms with Crippen molar-refractivity contribution in [2.75, 3.05) is 6.61 Å². The predicted octanol–water partition coefficient (Wildman–Crippen LogP) is 6.26. The van der Waals surface area contributed by atoms with Gasteiger partial charge < -0.3 is 13.6 Å². The van der Waals surface area contributed by atoms with Crippen LogP contribution in [0, 0.1) is 11.8 Å². The zero-order valence-electron chi connectivity index (χ0n) is 18.9. The molecule has 0 aromatic carbocycles. The summed E-state index contributed by atoms with van der Waals surface area (Å²) in [6.45, 7) is 27.8. The largest absolute Gasteiger partial charge is 0.416 e. The summed E-state index contributed by atoms with van der Waals surface area (Å²) in [5.41, 5.74) is 0. The number of aldehydes is 1. The van der Waals surface area contributed by atoms with Crippen molar-refractivity contribution in [3.8, 4) is 0 Å². The molecule has 0 saturated carbocycles. The second kappa shape index (κ2) is 8.81. The van der Waals surface area contributed by atoms with Crippen LogP contribution < -0.4 is 0 Å². The van der Waals surface area contributed by atoms with Gasteiger partial charge in [-0.2, -0.15) is 0 Å². The highest BCUT2D eigenvalue weighted by Crippen LogP contribution is 2.40. The number of hydrogen-bond donors (Lipinski definition) is 0. The van der Waals surface area contributed by atoms with E-state index in [4.69, 9.17) is 8.85 Å². The summed E-state index contributed by atoms with van der Waals surface area (Å²) in [5, 5.41) is 0.364. The molecule has 5 heteroatoms. The minimum Gasteiger partial charge on any atom is -0.416 e. The van der Waals surface area contributed by atoms with Crippen molar-refractivity contribution in [1.82, 2.24) is 0 Å². The second-order valence-corrected chi connectivity index (χ2v) is 20.3. The van der Waals surface area contributed by atoms with Crippen LogP contribution in [0.2, 0.25) is 36.3 Å². The van der Waals surface area contributed by atoms with Crippen molar-refractivity contribution in [3.63, 3.8) is 0 Å². The molecule has 0 N–H and O–H groups in total. The van der Waals surface area contributed by atoms with Crippen LogP contribution in [0.5, 0.6) is 0 Å². The van der Waals surface area contributed by atoms with E-state index in [1.54, 1.807) is 0 Å². The van der Waals surface area contributed by atoms with E-state index in [0.29, 0.717) is 13.0 Å². The van der Waals surface area contributed by atoms with Crippen molar-refractivity contribution in [1.29, 1.82) is 0 Å². The normalized spacial score (nSPS) is 17.9. The van der Waals surface area contributed by atoms with E-state index < -0.39 is 16.6 Å². The number of rotatable bonds is 9. The van der Waals surface area contributed by atoms with Gasteiger partial charge in [-0.15, -0.1) is 0 Å². The van der Waals surface area contributed by atoms with Crippen LogP contribution >= 0.6 is 0 Å². The predicted molar refractivity (Wildman–Crippen MR) is 114 cm³/mol. The standard InChI is InChI=1S/C20H44O3Si2/c1-16(13-14-21)18(23-25(11,12)20(6,7)8)17(2)15-22-24(9,10)19(3,4)5/h14,16-18H,13,15H2,1-12H3/t16-,17+,18+/m0/s1. The highest BCUT2D eigenvalue weighted by molar-refractivity contribution is 6.74. The molecule has 25 heavy (non-hydrogen) atoms. The van der Waals surface area contributed by atoms with Gasteiger partial charge in [-0.3, -0.25) is 0 Å². The van der Waals surface area contributed by atoms with Gasteiger partial charge in [0.25, 0.3) is 0 Å². The van der Waals surface area contributed by atoms with Crippen molar-refractivity contribution in [3.05, 3.63) is 0 Å². The maximum absolute atomic E-state index is 11.1. The Kier molecular flexibility index (Phi) is 8.82. The highest BCUT2D eigenvalue weighted by Gasteiger charge is 2.42. The van der Waals surface area contributed by atoms with Crippen molar-refractivity contribution < 1.29 is 13.6 Å². The van der Waals surface area contributed by atoms with E-state index in [-0.39, 0.29) is 28.0 Å². The lowest BCUT2D eigenvalue weighted by atomic mass is 9.92. The van der Waals surface area contributed by atoms with Gasteiger partial charge in [0.2, 0.25) is 0 Å². The second-order valence-electron chi connectivity index (χ2n) is 10.8. The first-order valence-electron chi connectivity index (χ1n) is 9.71. The van der Waals surface area contributed by atoms with Gasteiger partial charge in [0.1, 0.15) is 6.29 Å². The smallest absolute Gasteiger partial charge is 0.192 e. The SMILES string of the molecule is C[C@H](CO[Si](C)(C)C(C)(C)C)[C@H](O[Si](C)(C)C(C)(C)C)[C@@H](C)CC=O. The van der Waals surface area contributed by atoms with Gasteiger partial charge in [0, 0.05) is 18.9 Å². The Labute approximate surface area is 159 Å². The molecule has 3 atom stereocenters. The molecule has 0 rings (SSSR count). The van der Waals surface area contributed by atoms with Crippen LogP contribution in [0.25, 0.3) is 0 Å². The minimum absolute atomic E-state index is 0.0656. The van der Waals surface area contributed by atoms with Gasteiger partial charge in [0.05, 0.1) is 6.10 Å². The molecule has 0 heterocycles. The Morgan fingerprint density at radius 3 is 1.64 bits per heavy atom. The number of carbonyl (C=O) groups excluding carboxylic acids is 1. The van der Waals surface area contributed by atoms with Gasteiger partial charge in [-0.25, -0.2) is 0 Å². The maximum Gasteiger partial charge on any atom is 0.192 e. The summed E-state index contributed by atoms with van der Waals surface area (Å²) < 4.78 is 13.2. The molecule has 3 nitrogen and oxygen atoms in total. The average molecular weight is 389 g/mol. The topological polar surface area (TPSA) is 35.5 Å². The monoisotopic (exact) mass is 388 g/mol. The molecule has 0 radical (unpaired) electrons. The van der Waals surface area contributed by atoms with Crippen LogP contribution in [0.1, 0.15) is 61.8 Å². The zero-order valence-corrected chi connectivity index (χ0v) is 20.9. The molecular formula is C20H44O3Si2. The van der Waals surface area contributed by atoms with E-state index >= 15 is 0 Å². The van der Waals surface area contributed by atoms with Gasteiger partial charge in [0.15, 0.2) is 16.6 Å². The molecular weight excluding hydrogens is 344 g/mol. The lowest BCUT2D eigenvalue weighted by molar-refractivity contribution is -0.109. The third-order valence-electron chi connectivity index (χ3n) is 6.34. The lowest BCUT2D eigenvalue weighted by Crippen LogP contribution is -2.49. The average Bonchev–Trinajstić information content (AvgIpc) is 2.40. The summed E-state index contributed by atoms with van der Waals surface area (Å²) in [5.74, 6) is 0.489. The lowest BCUT2D eigenvalue weighted by Gasteiger charge is -2.43.